The molecule has 0 atom stereocenters. The van der Waals surface area contributed by atoms with Crippen molar-refractivity contribution in [2.24, 2.45) is 0 Å². The molecule has 23 heavy (non-hydrogen) atoms. The van der Waals surface area contributed by atoms with Crippen molar-refractivity contribution in [2.45, 2.75) is 18.6 Å². The van der Waals surface area contributed by atoms with Crippen molar-refractivity contribution in [2.75, 3.05) is 0 Å². The van der Waals surface area contributed by atoms with Gasteiger partial charge in [0.05, 0.1) is 14.4 Å². The van der Waals surface area contributed by atoms with Crippen molar-refractivity contribution in [3.63, 3.8) is 0 Å². The molecule has 0 spiro atoms. The first-order chi connectivity index (χ1) is 10.8. The number of cyclic esters (lactones) is 2. The first-order valence-electron chi connectivity index (χ1n) is 6.67. The molecule has 2 aromatic rings. The molecule has 0 aromatic heterocycles. The number of carbonyl (C=O) groups is 1. The van der Waals surface area contributed by atoms with Crippen molar-refractivity contribution in [1.29, 1.82) is 0 Å². The fourth-order valence-corrected chi connectivity index (χ4v) is 3.28. The first-order valence-corrected chi connectivity index (χ1v) is 8.26. The summed E-state index contributed by atoms with van der Waals surface area (Å²) in [5, 5.41) is 19.4. The third-order valence-corrected chi connectivity index (χ3v) is 5.24. The number of benzene rings is 2. The van der Waals surface area contributed by atoms with E-state index >= 15 is 0 Å². The smallest absolute Gasteiger partial charge is 0.507 e. The molecule has 120 valence electrons. The minimum Gasteiger partial charge on any atom is -0.507 e. The van der Waals surface area contributed by atoms with Gasteiger partial charge in [-0.05, 0) is 74.2 Å². The molecule has 0 bridgehead atoms. The van der Waals surface area contributed by atoms with Crippen molar-refractivity contribution >= 4 is 38.0 Å². The Morgan fingerprint density at radius 2 is 1.39 bits per heavy atom. The van der Waals surface area contributed by atoms with Gasteiger partial charge in [-0.15, -0.1) is 0 Å². The minimum atomic E-state index is -0.819. The highest BCUT2D eigenvalue weighted by Crippen LogP contribution is 2.44. The van der Waals surface area contributed by atoms with Crippen LogP contribution in [0.25, 0.3) is 0 Å². The maximum absolute atomic E-state index is 11.1. The fourth-order valence-electron chi connectivity index (χ4n) is 2.52. The topological polar surface area (TPSA) is 76.0 Å². The first kappa shape index (κ1) is 16.1. The van der Waals surface area contributed by atoms with Crippen molar-refractivity contribution in [1.82, 2.24) is 0 Å². The molecule has 7 heteroatoms. The normalized spacial score (nSPS) is 14.8. The number of hydrogen-bond donors (Lipinski definition) is 2. The van der Waals surface area contributed by atoms with Crippen LogP contribution in [0, 0.1) is 0 Å². The molecule has 0 amide bonds. The van der Waals surface area contributed by atoms with Crippen LogP contribution in [-0.4, -0.2) is 22.7 Å². The van der Waals surface area contributed by atoms with Crippen molar-refractivity contribution < 1.29 is 24.5 Å². The van der Waals surface area contributed by atoms with Gasteiger partial charge in [0.1, 0.15) is 11.5 Å². The molecule has 5 nitrogen and oxygen atoms in total. The van der Waals surface area contributed by atoms with Gasteiger partial charge in [0.2, 0.25) is 0 Å². The van der Waals surface area contributed by atoms with Crippen LogP contribution >= 0.6 is 31.9 Å². The van der Waals surface area contributed by atoms with E-state index in [1.54, 1.807) is 36.4 Å². The Balaban J connectivity index is 2.15. The number of ether oxygens (including phenoxy) is 2. The zero-order valence-electron chi connectivity index (χ0n) is 11.9. The van der Waals surface area contributed by atoms with E-state index in [0.717, 1.165) is 11.1 Å². The molecule has 1 saturated heterocycles. The molecule has 2 N–H and O–H groups in total. The third-order valence-electron chi connectivity index (χ3n) is 3.97. The van der Waals surface area contributed by atoms with Gasteiger partial charge in [-0.1, -0.05) is 12.1 Å². The molecular weight excluding hydrogens is 432 g/mol. The van der Waals surface area contributed by atoms with Gasteiger partial charge >= 0.3 is 6.16 Å². The summed E-state index contributed by atoms with van der Waals surface area (Å²) in [7, 11) is 0. The van der Waals surface area contributed by atoms with Gasteiger partial charge in [0.25, 0.3) is 6.29 Å². The second kappa shape index (κ2) is 5.72. The van der Waals surface area contributed by atoms with Crippen LogP contribution in [0.15, 0.2) is 45.3 Å². The lowest BCUT2D eigenvalue weighted by Crippen LogP contribution is -2.50. The van der Waals surface area contributed by atoms with E-state index in [0.29, 0.717) is 8.95 Å². The zero-order chi connectivity index (χ0) is 16.8. The standard InChI is InChI=1S/C16H12Br2O5/c1-16(14-22-15(21)23-14,8-2-4-12(19)10(17)6-8)9-3-5-13(20)11(18)7-9/h2-7,14,19-20H,1H3. The van der Waals surface area contributed by atoms with Gasteiger partial charge in [0, 0.05) is 0 Å². The van der Waals surface area contributed by atoms with E-state index in [9.17, 15) is 15.0 Å². The van der Waals surface area contributed by atoms with Gasteiger partial charge < -0.3 is 19.7 Å². The Morgan fingerprint density at radius 3 is 1.74 bits per heavy atom. The van der Waals surface area contributed by atoms with E-state index in [4.69, 9.17) is 9.47 Å². The summed E-state index contributed by atoms with van der Waals surface area (Å²) in [4.78, 5) is 11.1. The second-order valence-electron chi connectivity index (χ2n) is 5.35. The SMILES string of the molecule is CC(c1ccc(O)c(Br)c1)(c1ccc(O)c(Br)c1)C1OC(=O)O1. The Morgan fingerprint density at radius 1 is 0.957 bits per heavy atom. The summed E-state index contributed by atoms with van der Waals surface area (Å²) < 4.78 is 11.3. The minimum absolute atomic E-state index is 0.106. The van der Waals surface area contributed by atoms with E-state index in [-0.39, 0.29) is 11.5 Å². The molecule has 2 aromatic carbocycles. The number of phenolic OH excluding ortho intramolecular Hbond substituents is 2. The lowest BCUT2D eigenvalue weighted by Gasteiger charge is -2.41. The number of carbonyl (C=O) groups excluding carboxylic acids is 1. The second-order valence-corrected chi connectivity index (χ2v) is 7.06. The van der Waals surface area contributed by atoms with Crippen molar-refractivity contribution in [3.8, 4) is 11.5 Å². The quantitative estimate of drug-likeness (QED) is 0.686. The molecule has 1 fully saturated rings. The number of aromatic hydroxyl groups is 2. The number of hydrogen-bond acceptors (Lipinski definition) is 5. The molecular formula is C16H12Br2O5. The Hall–Kier alpha value is -1.73. The van der Waals surface area contributed by atoms with Gasteiger partial charge in [-0.2, -0.15) is 0 Å². The van der Waals surface area contributed by atoms with E-state index in [2.05, 4.69) is 31.9 Å². The summed E-state index contributed by atoms with van der Waals surface area (Å²) in [6, 6.07) is 10.0. The summed E-state index contributed by atoms with van der Waals surface area (Å²) in [5.41, 5.74) is 0.731. The molecule has 1 aliphatic heterocycles. The lowest BCUT2D eigenvalue weighted by molar-refractivity contribution is -0.207. The number of rotatable bonds is 3. The average molecular weight is 444 g/mol. The molecule has 0 aliphatic carbocycles. The Kier molecular flexibility index (Phi) is 4.01. The van der Waals surface area contributed by atoms with Crippen LogP contribution in [0.4, 0.5) is 4.79 Å². The fraction of sp³-hybridized carbons (Fsp3) is 0.188. The predicted octanol–water partition coefficient (Wildman–Crippen LogP) is 4.42. The largest absolute Gasteiger partial charge is 0.514 e. The zero-order valence-corrected chi connectivity index (χ0v) is 15.1. The lowest BCUT2D eigenvalue weighted by atomic mass is 9.75. The highest BCUT2D eigenvalue weighted by Gasteiger charge is 2.49. The van der Waals surface area contributed by atoms with E-state index in [1.807, 2.05) is 6.92 Å². The number of phenols is 2. The van der Waals surface area contributed by atoms with Crippen LogP contribution in [-0.2, 0) is 14.9 Å². The maximum atomic E-state index is 11.1. The van der Waals surface area contributed by atoms with E-state index < -0.39 is 17.9 Å². The monoisotopic (exact) mass is 442 g/mol. The molecule has 0 unspecified atom stereocenters. The summed E-state index contributed by atoms with van der Waals surface area (Å²) >= 11 is 6.58. The highest BCUT2D eigenvalue weighted by molar-refractivity contribution is 9.10. The predicted molar refractivity (Wildman–Crippen MR) is 89.4 cm³/mol. The third kappa shape index (κ3) is 2.68. The Bertz CT molecular complexity index is 731. The molecule has 0 saturated carbocycles. The summed E-state index contributed by atoms with van der Waals surface area (Å²) in [5.74, 6) is 0.212. The maximum Gasteiger partial charge on any atom is 0.514 e. The molecule has 1 heterocycles. The van der Waals surface area contributed by atoms with Crippen LogP contribution in [0.5, 0.6) is 11.5 Å². The Labute approximate surface area is 149 Å². The molecule has 1 aliphatic rings. The van der Waals surface area contributed by atoms with Gasteiger partial charge in [-0.25, -0.2) is 4.79 Å². The van der Waals surface area contributed by atoms with Crippen molar-refractivity contribution in [3.05, 3.63) is 56.5 Å². The molecule has 0 radical (unpaired) electrons. The summed E-state index contributed by atoms with van der Waals surface area (Å²) in [6.45, 7) is 1.86. The van der Waals surface area contributed by atoms with Crippen LogP contribution in [0.2, 0.25) is 0 Å². The van der Waals surface area contributed by atoms with Crippen LogP contribution in [0.3, 0.4) is 0 Å². The van der Waals surface area contributed by atoms with Crippen LogP contribution < -0.4 is 0 Å². The van der Waals surface area contributed by atoms with Gasteiger partial charge in [-0.3, -0.25) is 0 Å². The molecule has 3 rings (SSSR count). The van der Waals surface area contributed by atoms with Gasteiger partial charge in [0.15, 0.2) is 0 Å². The summed E-state index contributed by atoms with van der Waals surface area (Å²) in [6.07, 6.45) is -1.53. The number of halogens is 2. The average Bonchev–Trinajstić information content (AvgIpc) is 2.49. The van der Waals surface area contributed by atoms with Crippen LogP contribution in [0.1, 0.15) is 18.1 Å². The van der Waals surface area contributed by atoms with E-state index in [1.165, 1.54) is 0 Å². The highest BCUT2D eigenvalue weighted by atomic mass is 79.9.